The van der Waals surface area contributed by atoms with Crippen molar-refractivity contribution in [3.8, 4) is 0 Å². The van der Waals surface area contributed by atoms with E-state index in [1.54, 1.807) is 0 Å². The summed E-state index contributed by atoms with van der Waals surface area (Å²) in [5, 5.41) is 8.24. The monoisotopic (exact) mass is 224 g/mol. The van der Waals surface area contributed by atoms with Gasteiger partial charge in [0.15, 0.2) is 11.8 Å². The van der Waals surface area contributed by atoms with Crippen molar-refractivity contribution in [2.75, 3.05) is 6.61 Å². The van der Waals surface area contributed by atoms with E-state index in [0.717, 1.165) is 0 Å². The third kappa shape index (κ3) is 2.31. The van der Waals surface area contributed by atoms with Crippen molar-refractivity contribution >= 4 is 0 Å². The van der Waals surface area contributed by atoms with E-state index in [2.05, 4.69) is 0 Å². The molecule has 0 aromatic heterocycles. The fourth-order valence-corrected chi connectivity index (χ4v) is 0.789. The van der Waals surface area contributed by atoms with Crippen molar-refractivity contribution in [3.05, 3.63) is 0 Å². The van der Waals surface area contributed by atoms with E-state index in [1.807, 2.05) is 0 Å². The Hall–Kier alpha value is -0.460. The number of alkyl halides is 6. The highest BCUT2D eigenvalue weighted by Crippen LogP contribution is 2.42. The van der Waals surface area contributed by atoms with Crippen LogP contribution in [0.5, 0.6) is 0 Å². The zero-order valence-electron chi connectivity index (χ0n) is 7.50. The number of aliphatic hydroxyl groups excluding tert-OH is 1. The van der Waals surface area contributed by atoms with Gasteiger partial charge in [0, 0.05) is 0 Å². The number of hydrogen-bond donors (Lipinski definition) is 1. The van der Waals surface area contributed by atoms with E-state index < -0.39 is 30.3 Å². The predicted octanol–water partition coefficient (Wildman–Crippen LogP) is 2.34. The molecule has 86 valence electrons. The molecule has 0 spiro atoms. The largest absolute Gasteiger partial charge is 0.425 e. The van der Waals surface area contributed by atoms with E-state index >= 15 is 0 Å². The maximum absolute atomic E-state index is 12.9. The smallest absolute Gasteiger partial charge is 0.393 e. The van der Waals surface area contributed by atoms with Crippen LogP contribution in [0, 0.1) is 0 Å². The lowest BCUT2D eigenvalue weighted by atomic mass is 9.90. The van der Waals surface area contributed by atoms with Gasteiger partial charge in [-0.1, -0.05) is 0 Å². The Morgan fingerprint density at radius 1 is 1.07 bits per heavy atom. The van der Waals surface area contributed by atoms with Gasteiger partial charge in [-0.2, -0.15) is 13.2 Å². The highest BCUT2D eigenvalue weighted by molar-refractivity contribution is 4.99. The van der Waals surface area contributed by atoms with E-state index in [-0.39, 0.29) is 6.92 Å². The molecule has 0 saturated heterocycles. The number of rotatable bonds is 3. The molecular formula is C7H10F6O. The molecule has 0 fully saturated rings. The van der Waals surface area contributed by atoms with Crippen molar-refractivity contribution in [2.45, 2.75) is 37.5 Å². The van der Waals surface area contributed by atoms with Crippen LogP contribution in [0.3, 0.4) is 0 Å². The van der Waals surface area contributed by atoms with Gasteiger partial charge in [0.2, 0.25) is 5.67 Å². The lowest BCUT2D eigenvalue weighted by Gasteiger charge is -2.33. The molecule has 7 heteroatoms. The van der Waals surface area contributed by atoms with Crippen LogP contribution in [0.2, 0.25) is 0 Å². The Labute approximate surface area is 76.7 Å². The van der Waals surface area contributed by atoms with Gasteiger partial charge in [-0.05, 0) is 13.8 Å². The second-order valence-electron chi connectivity index (χ2n) is 3.37. The van der Waals surface area contributed by atoms with Gasteiger partial charge >= 0.3 is 6.18 Å². The van der Waals surface area contributed by atoms with Gasteiger partial charge in [-0.15, -0.1) is 0 Å². The second-order valence-corrected chi connectivity index (χ2v) is 3.37. The molecule has 3 atom stereocenters. The van der Waals surface area contributed by atoms with Crippen LogP contribution in [0.4, 0.5) is 26.3 Å². The molecule has 14 heavy (non-hydrogen) atoms. The summed E-state index contributed by atoms with van der Waals surface area (Å²) in [7, 11) is 0. The maximum atomic E-state index is 12.9. The van der Waals surface area contributed by atoms with Crippen LogP contribution in [0.1, 0.15) is 13.8 Å². The molecule has 0 radical (unpaired) electrons. The summed E-state index contributed by atoms with van der Waals surface area (Å²) in [6, 6.07) is 0. The molecule has 0 aromatic carbocycles. The fourth-order valence-electron chi connectivity index (χ4n) is 0.789. The summed E-state index contributed by atoms with van der Waals surface area (Å²) in [4.78, 5) is 0. The van der Waals surface area contributed by atoms with Crippen molar-refractivity contribution < 1.29 is 31.4 Å². The van der Waals surface area contributed by atoms with E-state index in [0.29, 0.717) is 6.92 Å². The van der Waals surface area contributed by atoms with E-state index in [1.165, 1.54) is 0 Å². The van der Waals surface area contributed by atoms with Gasteiger partial charge in [0.1, 0.15) is 0 Å². The number of hydrogen-bond acceptors (Lipinski definition) is 1. The first-order valence-electron chi connectivity index (χ1n) is 3.66. The van der Waals surface area contributed by atoms with Gasteiger partial charge in [-0.25, -0.2) is 13.2 Å². The zero-order chi connectivity index (χ0) is 11.8. The fraction of sp³-hybridized carbons (Fsp3) is 1.00. The molecule has 0 saturated carbocycles. The topological polar surface area (TPSA) is 20.2 Å². The summed E-state index contributed by atoms with van der Waals surface area (Å²) in [5.74, 6) is 0. The molecular weight excluding hydrogens is 214 g/mol. The molecule has 0 heterocycles. The average molecular weight is 224 g/mol. The van der Waals surface area contributed by atoms with Gasteiger partial charge in [-0.3, -0.25) is 0 Å². The van der Waals surface area contributed by atoms with Crippen LogP contribution < -0.4 is 0 Å². The van der Waals surface area contributed by atoms with Gasteiger partial charge in [0.25, 0.3) is 0 Å². The minimum Gasteiger partial charge on any atom is -0.393 e. The van der Waals surface area contributed by atoms with E-state index in [4.69, 9.17) is 5.11 Å². The second kappa shape index (κ2) is 3.60. The Bertz CT molecular complexity index is 197. The molecule has 0 aliphatic carbocycles. The zero-order valence-corrected chi connectivity index (χ0v) is 7.50. The van der Waals surface area contributed by atoms with Crippen molar-refractivity contribution in [1.29, 1.82) is 0 Å². The SMILES string of the molecule is CC(F)(CO)C(F)C(C)(F)C(F)(F)F. The third-order valence-electron chi connectivity index (χ3n) is 1.87. The van der Waals surface area contributed by atoms with Crippen LogP contribution >= 0.6 is 0 Å². The Morgan fingerprint density at radius 2 is 1.43 bits per heavy atom. The molecule has 0 aliphatic rings. The molecule has 1 N–H and O–H groups in total. The van der Waals surface area contributed by atoms with Crippen molar-refractivity contribution in [2.24, 2.45) is 0 Å². The summed E-state index contributed by atoms with van der Waals surface area (Å²) >= 11 is 0. The standard InChI is InChI=1S/C7H10F6O/c1-5(9,3-14)4(8)6(2,10)7(11,12)13/h4,14H,3H2,1-2H3. The maximum Gasteiger partial charge on any atom is 0.425 e. The molecule has 0 amide bonds. The molecule has 0 aromatic rings. The van der Waals surface area contributed by atoms with Crippen LogP contribution in [-0.4, -0.2) is 35.4 Å². The minimum absolute atomic E-state index is 0.106. The Morgan fingerprint density at radius 3 is 1.64 bits per heavy atom. The Kier molecular flexibility index (Phi) is 3.48. The first-order chi connectivity index (χ1) is 5.97. The molecule has 0 rings (SSSR count). The summed E-state index contributed by atoms with van der Waals surface area (Å²) in [5.41, 5.74) is -7.59. The lowest BCUT2D eigenvalue weighted by molar-refractivity contribution is -0.258. The summed E-state index contributed by atoms with van der Waals surface area (Å²) in [6.45, 7) is -1.27. The first kappa shape index (κ1) is 13.5. The first-order valence-corrected chi connectivity index (χ1v) is 3.66. The van der Waals surface area contributed by atoms with Crippen molar-refractivity contribution in [1.82, 2.24) is 0 Å². The van der Waals surface area contributed by atoms with Crippen molar-refractivity contribution in [3.63, 3.8) is 0 Å². The highest BCUT2D eigenvalue weighted by atomic mass is 19.4. The lowest BCUT2D eigenvalue weighted by Crippen LogP contribution is -2.55. The molecule has 0 aliphatic heterocycles. The summed E-state index contributed by atoms with van der Waals surface area (Å²) in [6.07, 6.45) is -8.99. The predicted molar refractivity (Wildman–Crippen MR) is 37.1 cm³/mol. The van der Waals surface area contributed by atoms with Crippen LogP contribution in [-0.2, 0) is 0 Å². The van der Waals surface area contributed by atoms with E-state index in [9.17, 15) is 26.3 Å². The summed E-state index contributed by atoms with van der Waals surface area (Å²) < 4.78 is 74.2. The number of halogens is 6. The molecule has 1 nitrogen and oxygen atoms in total. The third-order valence-corrected chi connectivity index (χ3v) is 1.87. The highest BCUT2D eigenvalue weighted by Gasteiger charge is 2.63. The average Bonchev–Trinajstić information content (AvgIpc) is 2.01. The van der Waals surface area contributed by atoms with Crippen LogP contribution in [0.15, 0.2) is 0 Å². The quantitative estimate of drug-likeness (QED) is 0.729. The Balaban J connectivity index is 4.94. The number of aliphatic hydroxyl groups is 1. The molecule has 0 bridgehead atoms. The van der Waals surface area contributed by atoms with Gasteiger partial charge < -0.3 is 5.11 Å². The minimum atomic E-state index is -5.52. The van der Waals surface area contributed by atoms with Crippen LogP contribution in [0.25, 0.3) is 0 Å². The molecule has 3 unspecified atom stereocenters. The normalized spacial score (nSPS) is 23.8. The van der Waals surface area contributed by atoms with Gasteiger partial charge in [0.05, 0.1) is 6.61 Å².